The molecule has 0 atom stereocenters. The van der Waals surface area contributed by atoms with Crippen molar-refractivity contribution in [2.75, 3.05) is 6.61 Å². The Morgan fingerprint density at radius 2 is 1.86 bits per heavy atom. The van der Waals surface area contributed by atoms with Crippen molar-refractivity contribution >= 4 is 11.7 Å². The van der Waals surface area contributed by atoms with Crippen LogP contribution in [0.3, 0.4) is 0 Å². The summed E-state index contributed by atoms with van der Waals surface area (Å²) in [7, 11) is 0. The summed E-state index contributed by atoms with van der Waals surface area (Å²) in [5.41, 5.74) is 2.58. The van der Waals surface area contributed by atoms with E-state index in [9.17, 15) is 14.9 Å². The lowest BCUT2D eigenvalue weighted by Crippen LogP contribution is -2.05. The molecule has 0 aliphatic carbocycles. The van der Waals surface area contributed by atoms with E-state index < -0.39 is 10.9 Å². The van der Waals surface area contributed by atoms with Crippen LogP contribution < -0.4 is 0 Å². The standard InChI is InChI=1S/C22H23N3O4/c1-3-5-8-16-11-13-17(14-12-16)24-15-19(22(26)29-4-2)21(23-24)18-9-6-7-10-20(18)25(27)28/h6-7,9-15H,3-5,8H2,1-2H3. The van der Waals surface area contributed by atoms with Gasteiger partial charge in [0.25, 0.3) is 5.69 Å². The van der Waals surface area contributed by atoms with E-state index in [0.29, 0.717) is 0 Å². The van der Waals surface area contributed by atoms with Crippen molar-refractivity contribution in [2.45, 2.75) is 33.1 Å². The van der Waals surface area contributed by atoms with Crippen LogP contribution in [0.2, 0.25) is 0 Å². The van der Waals surface area contributed by atoms with E-state index in [0.717, 1.165) is 24.9 Å². The molecule has 3 aromatic rings. The lowest BCUT2D eigenvalue weighted by Gasteiger charge is -2.04. The van der Waals surface area contributed by atoms with Gasteiger partial charge in [0.1, 0.15) is 11.3 Å². The molecule has 0 radical (unpaired) electrons. The van der Waals surface area contributed by atoms with Crippen molar-refractivity contribution in [3.63, 3.8) is 0 Å². The second kappa shape index (κ2) is 9.14. The Morgan fingerprint density at radius 3 is 2.52 bits per heavy atom. The summed E-state index contributed by atoms with van der Waals surface area (Å²) < 4.78 is 6.70. The predicted molar refractivity (Wildman–Crippen MR) is 110 cm³/mol. The second-order valence-corrected chi connectivity index (χ2v) is 6.60. The van der Waals surface area contributed by atoms with Crippen molar-refractivity contribution in [2.24, 2.45) is 0 Å². The Bertz CT molecular complexity index is 1010. The first-order chi connectivity index (χ1) is 14.0. The maximum Gasteiger partial charge on any atom is 0.342 e. The number of ether oxygens (including phenoxy) is 1. The summed E-state index contributed by atoms with van der Waals surface area (Å²) in [6.45, 7) is 4.06. The molecule has 29 heavy (non-hydrogen) atoms. The minimum Gasteiger partial charge on any atom is -0.462 e. The zero-order valence-electron chi connectivity index (χ0n) is 16.5. The summed E-state index contributed by atoms with van der Waals surface area (Å²) in [6, 6.07) is 14.2. The van der Waals surface area contributed by atoms with Crippen LogP contribution in [0.15, 0.2) is 54.7 Å². The molecular weight excluding hydrogens is 370 g/mol. The fraction of sp³-hybridized carbons (Fsp3) is 0.273. The maximum atomic E-state index is 12.5. The number of aromatic nitrogens is 2. The Balaban J connectivity index is 2.06. The van der Waals surface area contributed by atoms with E-state index in [2.05, 4.69) is 12.0 Å². The number of nitrogens with zero attached hydrogens (tertiary/aromatic N) is 3. The van der Waals surface area contributed by atoms with Gasteiger partial charge in [0.05, 0.1) is 22.8 Å². The first-order valence-electron chi connectivity index (χ1n) is 9.65. The van der Waals surface area contributed by atoms with E-state index in [1.54, 1.807) is 36.0 Å². The molecule has 0 fully saturated rings. The van der Waals surface area contributed by atoms with Gasteiger partial charge in [-0.1, -0.05) is 37.6 Å². The molecule has 1 aromatic heterocycles. The van der Waals surface area contributed by atoms with Crippen molar-refractivity contribution in [3.8, 4) is 16.9 Å². The van der Waals surface area contributed by atoms with Crippen molar-refractivity contribution < 1.29 is 14.5 Å². The van der Waals surface area contributed by atoms with Gasteiger partial charge in [-0.15, -0.1) is 0 Å². The highest BCUT2D eigenvalue weighted by molar-refractivity contribution is 5.97. The average molecular weight is 393 g/mol. The van der Waals surface area contributed by atoms with Gasteiger partial charge in [-0.05, 0) is 43.5 Å². The van der Waals surface area contributed by atoms with Crippen LogP contribution in [0.4, 0.5) is 5.69 Å². The Labute approximate surface area is 169 Å². The van der Waals surface area contributed by atoms with Gasteiger partial charge in [0, 0.05) is 12.3 Å². The van der Waals surface area contributed by atoms with Gasteiger partial charge < -0.3 is 4.74 Å². The van der Waals surface area contributed by atoms with E-state index in [1.807, 2.05) is 24.3 Å². The Kier molecular flexibility index (Phi) is 6.39. The van der Waals surface area contributed by atoms with Crippen LogP contribution in [0.5, 0.6) is 0 Å². The number of esters is 1. The third-order valence-electron chi connectivity index (χ3n) is 4.59. The van der Waals surface area contributed by atoms with Crippen LogP contribution in [0, 0.1) is 10.1 Å². The molecule has 7 nitrogen and oxygen atoms in total. The quantitative estimate of drug-likeness (QED) is 0.306. The lowest BCUT2D eigenvalue weighted by molar-refractivity contribution is -0.384. The normalized spacial score (nSPS) is 10.7. The number of hydrogen-bond donors (Lipinski definition) is 0. The van der Waals surface area contributed by atoms with Gasteiger partial charge in [-0.2, -0.15) is 5.10 Å². The topological polar surface area (TPSA) is 87.3 Å². The first-order valence-corrected chi connectivity index (χ1v) is 9.65. The van der Waals surface area contributed by atoms with Crippen molar-refractivity contribution in [1.29, 1.82) is 0 Å². The Hall–Kier alpha value is -3.48. The first kappa shape index (κ1) is 20.3. The molecule has 0 saturated carbocycles. The fourth-order valence-electron chi connectivity index (χ4n) is 3.09. The maximum absolute atomic E-state index is 12.5. The van der Waals surface area contributed by atoms with Crippen LogP contribution in [0.1, 0.15) is 42.6 Å². The smallest absolute Gasteiger partial charge is 0.342 e. The zero-order valence-corrected chi connectivity index (χ0v) is 16.5. The molecule has 0 N–H and O–H groups in total. The molecule has 0 spiro atoms. The number of benzene rings is 2. The molecule has 3 rings (SSSR count). The molecule has 0 amide bonds. The molecule has 0 bridgehead atoms. The number of carbonyl (C=O) groups is 1. The third-order valence-corrected chi connectivity index (χ3v) is 4.59. The average Bonchev–Trinajstić information content (AvgIpc) is 3.18. The summed E-state index contributed by atoms with van der Waals surface area (Å²) in [5.74, 6) is -0.563. The largest absolute Gasteiger partial charge is 0.462 e. The summed E-state index contributed by atoms with van der Waals surface area (Å²) in [4.78, 5) is 23.5. The minimum atomic E-state index is -0.563. The van der Waals surface area contributed by atoms with Crippen LogP contribution in [-0.2, 0) is 11.2 Å². The van der Waals surface area contributed by atoms with Crippen LogP contribution >= 0.6 is 0 Å². The summed E-state index contributed by atoms with van der Waals surface area (Å²) >= 11 is 0. The summed E-state index contributed by atoms with van der Waals surface area (Å²) in [5, 5.41) is 16.0. The highest BCUT2D eigenvalue weighted by Crippen LogP contribution is 2.32. The second-order valence-electron chi connectivity index (χ2n) is 6.60. The number of hydrogen-bond acceptors (Lipinski definition) is 5. The number of para-hydroxylation sites is 1. The molecule has 1 heterocycles. The zero-order chi connectivity index (χ0) is 20.8. The molecule has 7 heteroatoms. The fourth-order valence-corrected chi connectivity index (χ4v) is 3.09. The molecular formula is C22H23N3O4. The number of carbonyl (C=O) groups excluding carboxylic acids is 1. The van der Waals surface area contributed by atoms with Gasteiger partial charge in [0.2, 0.25) is 0 Å². The summed E-state index contributed by atoms with van der Waals surface area (Å²) in [6.07, 6.45) is 4.81. The van der Waals surface area contributed by atoms with E-state index in [-0.39, 0.29) is 29.1 Å². The molecule has 0 saturated heterocycles. The molecule has 0 aliphatic heterocycles. The van der Waals surface area contributed by atoms with Crippen LogP contribution in [-0.4, -0.2) is 27.3 Å². The van der Waals surface area contributed by atoms with Crippen LogP contribution in [0.25, 0.3) is 16.9 Å². The highest BCUT2D eigenvalue weighted by atomic mass is 16.6. The van der Waals surface area contributed by atoms with Gasteiger partial charge in [0.15, 0.2) is 0 Å². The molecule has 0 aliphatic rings. The number of nitro benzene ring substituents is 1. The van der Waals surface area contributed by atoms with Crippen molar-refractivity contribution in [1.82, 2.24) is 9.78 Å². The third kappa shape index (κ3) is 4.51. The minimum absolute atomic E-state index is 0.113. The number of rotatable bonds is 8. The number of unbranched alkanes of at least 4 members (excludes halogenated alkanes) is 1. The number of aryl methyl sites for hydroxylation is 1. The SMILES string of the molecule is CCCCc1ccc(-n2cc(C(=O)OCC)c(-c3ccccc3[N+](=O)[O-])n2)cc1. The lowest BCUT2D eigenvalue weighted by atomic mass is 10.1. The Morgan fingerprint density at radius 1 is 1.14 bits per heavy atom. The predicted octanol–water partition coefficient (Wildman–Crippen LogP) is 4.97. The van der Waals surface area contributed by atoms with E-state index in [4.69, 9.17) is 4.74 Å². The molecule has 150 valence electrons. The van der Waals surface area contributed by atoms with E-state index >= 15 is 0 Å². The van der Waals surface area contributed by atoms with Gasteiger partial charge >= 0.3 is 5.97 Å². The number of nitro groups is 1. The molecule has 0 unspecified atom stereocenters. The van der Waals surface area contributed by atoms with Gasteiger partial charge in [-0.25, -0.2) is 9.48 Å². The van der Waals surface area contributed by atoms with Crippen molar-refractivity contribution in [3.05, 3.63) is 76.0 Å². The molecule has 2 aromatic carbocycles. The van der Waals surface area contributed by atoms with E-state index in [1.165, 1.54) is 11.6 Å². The monoisotopic (exact) mass is 393 g/mol. The van der Waals surface area contributed by atoms with Gasteiger partial charge in [-0.3, -0.25) is 10.1 Å². The highest BCUT2D eigenvalue weighted by Gasteiger charge is 2.25.